The third-order valence-electron chi connectivity index (χ3n) is 6.32. The van der Waals surface area contributed by atoms with Crippen LogP contribution in [0.25, 0.3) is 11.3 Å². The molecule has 1 aromatic heterocycles. The standard InChI is InChI=1S/C28H27N5O/c29-19-26-27(22-11-13-25(14-12-22)34-24-9-5-2-6-10-24)31-33(28(26)30)23-15-17-32(18-16-23)20-21-7-3-1-4-8-21/h1-14,23H,15-18,20,30H2. The van der Waals surface area contributed by atoms with Crippen molar-refractivity contribution in [3.63, 3.8) is 0 Å². The molecule has 1 aliphatic rings. The van der Waals surface area contributed by atoms with Crippen LogP contribution in [0.1, 0.15) is 30.0 Å². The summed E-state index contributed by atoms with van der Waals surface area (Å²) >= 11 is 0. The molecular weight excluding hydrogens is 422 g/mol. The summed E-state index contributed by atoms with van der Waals surface area (Å²) in [6, 6.07) is 30.3. The Bertz CT molecular complexity index is 1270. The molecular formula is C28H27N5O. The zero-order chi connectivity index (χ0) is 23.3. The van der Waals surface area contributed by atoms with Gasteiger partial charge in [0.1, 0.15) is 34.6 Å². The predicted molar refractivity (Wildman–Crippen MR) is 133 cm³/mol. The molecule has 1 saturated heterocycles. The molecule has 0 atom stereocenters. The fourth-order valence-corrected chi connectivity index (χ4v) is 4.51. The molecule has 170 valence electrons. The lowest BCUT2D eigenvalue weighted by molar-refractivity contribution is 0.174. The Labute approximate surface area is 199 Å². The molecule has 2 N–H and O–H groups in total. The van der Waals surface area contributed by atoms with E-state index in [-0.39, 0.29) is 6.04 Å². The first-order valence-electron chi connectivity index (χ1n) is 11.6. The van der Waals surface area contributed by atoms with E-state index < -0.39 is 0 Å². The molecule has 0 bridgehead atoms. The summed E-state index contributed by atoms with van der Waals surface area (Å²) in [6.45, 7) is 2.90. The Morgan fingerprint density at radius 3 is 2.15 bits per heavy atom. The highest BCUT2D eigenvalue weighted by Crippen LogP contribution is 2.33. The lowest BCUT2D eigenvalue weighted by atomic mass is 10.0. The third-order valence-corrected chi connectivity index (χ3v) is 6.32. The van der Waals surface area contributed by atoms with Crippen LogP contribution in [0.3, 0.4) is 0 Å². The number of ether oxygens (including phenoxy) is 1. The van der Waals surface area contributed by atoms with Crippen LogP contribution in [-0.4, -0.2) is 27.8 Å². The molecule has 3 aromatic carbocycles. The Morgan fingerprint density at radius 2 is 1.50 bits per heavy atom. The van der Waals surface area contributed by atoms with E-state index in [0.717, 1.165) is 49.5 Å². The number of nitrogens with zero attached hydrogens (tertiary/aromatic N) is 4. The third kappa shape index (κ3) is 4.66. The summed E-state index contributed by atoms with van der Waals surface area (Å²) in [5.41, 5.74) is 9.65. The second-order valence-electron chi connectivity index (χ2n) is 8.60. The van der Waals surface area contributed by atoms with Crippen molar-refractivity contribution in [3.8, 4) is 28.8 Å². The second kappa shape index (κ2) is 9.82. The first-order valence-corrected chi connectivity index (χ1v) is 11.6. The molecule has 2 heterocycles. The smallest absolute Gasteiger partial charge is 0.140 e. The number of anilines is 1. The molecule has 6 heteroatoms. The number of likely N-dealkylation sites (tertiary alicyclic amines) is 1. The van der Waals surface area contributed by atoms with Gasteiger partial charge in [0.05, 0.1) is 6.04 Å². The highest BCUT2D eigenvalue weighted by Gasteiger charge is 2.26. The minimum absolute atomic E-state index is 0.188. The predicted octanol–water partition coefficient (Wildman–Crippen LogP) is 5.63. The number of piperidine rings is 1. The van der Waals surface area contributed by atoms with Crippen LogP contribution in [0.5, 0.6) is 11.5 Å². The second-order valence-corrected chi connectivity index (χ2v) is 8.60. The Hall–Kier alpha value is -4.08. The summed E-state index contributed by atoms with van der Waals surface area (Å²) in [7, 11) is 0. The fraction of sp³-hybridized carbons (Fsp3) is 0.214. The van der Waals surface area contributed by atoms with Gasteiger partial charge in [0.25, 0.3) is 0 Å². The van der Waals surface area contributed by atoms with E-state index in [1.165, 1.54) is 5.56 Å². The Morgan fingerprint density at radius 1 is 0.882 bits per heavy atom. The van der Waals surface area contributed by atoms with E-state index >= 15 is 0 Å². The van der Waals surface area contributed by atoms with Gasteiger partial charge >= 0.3 is 0 Å². The summed E-state index contributed by atoms with van der Waals surface area (Å²) in [6.07, 6.45) is 1.90. The van der Waals surface area contributed by atoms with E-state index in [2.05, 4.69) is 35.2 Å². The van der Waals surface area contributed by atoms with Crippen molar-refractivity contribution in [1.29, 1.82) is 5.26 Å². The summed E-state index contributed by atoms with van der Waals surface area (Å²) in [5.74, 6) is 1.95. The molecule has 1 fully saturated rings. The Kier molecular flexibility index (Phi) is 6.28. The van der Waals surface area contributed by atoms with Crippen LogP contribution in [0.4, 0.5) is 5.82 Å². The number of nitrogens with two attached hydrogens (primary N) is 1. The van der Waals surface area contributed by atoms with Gasteiger partial charge in [-0.3, -0.25) is 4.90 Å². The zero-order valence-electron chi connectivity index (χ0n) is 19.0. The van der Waals surface area contributed by atoms with Gasteiger partial charge in [-0.25, -0.2) is 4.68 Å². The first-order chi connectivity index (χ1) is 16.7. The minimum atomic E-state index is 0.188. The largest absolute Gasteiger partial charge is 0.457 e. The lowest BCUT2D eigenvalue weighted by Gasteiger charge is -2.32. The van der Waals surface area contributed by atoms with Crippen molar-refractivity contribution in [3.05, 3.63) is 96.1 Å². The normalized spacial score (nSPS) is 14.6. The van der Waals surface area contributed by atoms with Gasteiger partial charge in [-0.15, -0.1) is 0 Å². The van der Waals surface area contributed by atoms with Gasteiger partial charge in [0.15, 0.2) is 0 Å². The van der Waals surface area contributed by atoms with Gasteiger partial charge in [-0.2, -0.15) is 10.4 Å². The zero-order valence-corrected chi connectivity index (χ0v) is 19.0. The van der Waals surface area contributed by atoms with Crippen molar-refractivity contribution in [2.24, 2.45) is 0 Å². The summed E-state index contributed by atoms with van der Waals surface area (Å²) < 4.78 is 7.75. The number of hydrogen-bond donors (Lipinski definition) is 1. The van der Waals surface area contributed by atoms with Gasteiger partial charge in [0.2, 0.25) is 0 Å². The first kappa shape index (κ1) is 21.7. The minimum Gasteiger partial charge on any atom is -0.457 e. The van der Waals surface area contributed by atoms with Gasteiger partial charge < -0.3 is 10.5 Å². The number of rotatable bonds is 6. The van der Waals surface area contributed by atoms with Crippen LogP contribution < -0.4 is 10.5 Å². The van der Waals surface area contributed by atoms with Crippen LogP contribution in [0, 0.1) is 11.3 Å². The number of nitrogen functional groups attached to an aromatic ring is 1. The molecule has 0 radical (unpaired) electrons. The maximum absolute atomic E-state index is 9.81. The van der Waals surface area contributed by atoms with Crippen LogP contribution >= 0.6 is 0 Å². The SMILES string of the molecule is N#Cc1c(-c2ccc(Oc3ccccc3)cc2)nn(C2CCN(Cc3ccccc3)CC2)c1N. The average Bonchev–Trinajstić information content (AvgIpc) is 3.22. The molecule has 0 unspecified atom stereocenters. The fourth-order valence-electron chi connectivity index (χ4n) is 4.51. The van der Waals surface area contributed by atoms with Crippen molar-refractivity contribution < 1.29 is 4.74 Å². The molecule has 1 aliphatic heterocycles. The molecule has 0 spiro atoms. The van der Waals surface area contributed by atoms with Gasteiger partial charge in [-0.1, -0.05) is 48.5 Å². The molecule has 0 aliphatic carbocycles. The van der Waals surface area contributed by atoms with E-state index in [4.69, 9.17) is 15.6 Å². The molecule has 34 heavy (non-hydrogen) atoms. The van der Waals surface area contributed by atoms with E-state index in [0.29, 0.717) is 17.1 Å². The molecule has 6 nitrogen and oxygen atoms in total. The number of hydrogen-bond acceptors (Lipinski definition) is 5. The van der Waals surface area contributed by atoms with Gasteiger partial charge in [0, 0.05) is 25.2 Å². The van der Waals surface area contributed by atoms with Gasteiger partial charge in [-0.05, 0) is 54.8 Å². The molecule has 0 amide bonds. The van der Waals surface area contributed by atoms with Crippen LogP contribution in [-0.2, 0) is 6.54 Å². The number of para-hydroxylation sites is 1. The average molecular weight is 450 g/mol. The van der Waals surface area contributed by atoms with E-state index in [1.807, 2.05) is 65.3 Å². The van der Waals surface area contributed by atoms with Crippen molar-refractivity contribution in [2.45, 2.75) is 25.4 Å². The van der Waals surface area contributed by atoms with Crippen molar-refractivity contribution in [2.75, 3.05) is 18.8 Å². The number of nitriles is 1. The maximum Gasteiger partial charge on any atom is 0.140 e. The van der Waals surface area contributed by atoms with Crippen molar-refractivity contribution >= 4 is 5.82 Å². The van der Waals surface area contributed by atoms with Crippen LogP contribution in [0.15, 0.2) is 84.9 Å². The van der Waals surface area contributed by atoms with Crippen LogP contribution in [0.2, 0.25) is 0 Å². The quantitative estimate of drug-likeness (QED) is 0.412. The number of benzene rings is 3. The lowest BCUT2D eigenvalue weighted by Crippen LogP contribution is -2.34. The van der Waals surface area contributed by atoms with E-state index in [1.54, 1.807) is 0 Å². The summed E-state index contributed by atoms with van der Waals surface area (Å²) in [5, 5.41) is 14.6. The maximum atomic E-state index is 9.81. The molecule has 0 saturated carbocycles. The molecule has 5 rings (SSSR count). The van der Waals surface area contributed by atoms with E-state index in [9.17, 15) is 5.26 Å². The monoisotopic (exact) mass is 449 g/mol. The molecule has 4 aromatic rings. The Balaban J connectivity index is 1.30. The topological polar surface area (TPSA) is 80.1 Å². The number of aromatic nitrogens is 2. The van der Waals surface area contributed by atoms with Crippen molar-refractivity contribution in [1.82, 2.24) is 14.7 Å². The summed E-state index contributed by atoms with van der Waals surface area (Å²) in [4.78, 5) is 2.46. The highest BCUT2D eigenvalue weighted by atomic mass is 16.5. The highest BCUT2D eigenvalue weighted by molar-refractivity contribution is 5.73.